The minimum Gasteiger partial charge on any atom is -0.466 e. The normalized spacial score (nSPS) is 18.4. The Hall–Kier alpha value is -1.33. The van der Waals surface area contributed by atoms with Crippen molar-refractivity contribution in [2.24, 2.45) is 0 Å². The second-order valence-corrected chi connectivity index (χ2v) is 6.66. The van der Waals surface area contributed by atoms with Gasteiger partial charge in [0.1, 0.15) is 11.1 Å². The zero-order valence-electron chi connectivity index (χ0n) is 10.9. The molecule has 3 rings (SSSR count). The van der Waals surface area contributed by atoms with Crippen LogP contribution in [-0.4, -0.2) is 28.9 Å². The molecular weight excluding hydrogens is 290 g/mol. The van der Waals surface area contributed by atoms with Crippen LogP contribution < -0.4 is 0 Å². The third kappa shape index (κ3) is 3.04. The van der Waals surface area contributed by atoms with Gasteiger partial charge >= 0.3 is 0 Å². The van der Waals surface area contributed by atoms with Crippen molar-refractivity contribution in [2.75, 3.05) is 18.1 Å². The monoisotopic (exact) mass is 305 g/mol. The van der Waals surface area contributed by atoms with E-state index in [1.54, 1.807) is 29.8 Å². The van der Waals surface area contributed by atoms with Crippen molar-refractivity contribution in [1.82, 2.24) is 4.90 Å². The van der Waals surface area contributed by atoms with E-state index in [1.807, 2.05) is 47.4 Å². The topological polar surface area (TPSA) is 33.5 Å². The van der Waals surface area contributed by atoms with E-state index >= 15 is 0 Å². The lowest BCUT2D eigenvalue weighted by Gasteiger charge is -2.22. The largest absolute Gasteiger partial charge is 0.466 e. The van der Waals surface area contributed by atoms with E-state index in [0.717, 1.165) is 23.0 Å². The summed E-state index contributed by atoms with van der Waals surface area (Å²) < 4.78 is 5.44. The minimum atomic E-state index is 0.0360. The van der Waals surface area contributed by atoms with Crippen LogP contribution in [0.15, 0.2) is 58.0 Å². The van der Waals surface area contributed by atoms with E-state index in [9.17, 15) is 4.79 Å². The van der Waals surface area contributed by atoms with Gasteiger partial charge in [0.15, 0.2) is 0 Å². The molecule has 0 saturated carbocycles. The van der Waals surface area contributed by atoms with E-state index in [-0.39, 0.29) is 11.3 Å². The molecule has 5 heteroatoms. The Labute approximate surface area is 126 Å². The van der Waals surface area contributed by atoms with Crippen LogP contribution in [0.4, 0.5) is 0 Å². The highest BCUT2D eigenvalue weighted by atomic mass is 32.2. The molecule has 0 aliphatic carbocycles. The highest BCUT2D eigenvalue weighted by Gasteiger charge is 2.32. The van der Waals surface area contributed by atoms with Gasteiger partial charge in [0, 0.05) is 17.2 Å². The highest BCUT2D eigenvalue weighted by molar-refractivity contribution is 8.00. The van der Waals surface area contributed by atoms with Crippen LogP contribution in [0.2, 0.25) is 0 Å². The van der Waals surface area contributed by atoms with Gasteiger partial charge in [-0.2, -0.15) is 0 Å². The molecule has 1 unspecified atom stereocenters. The Kier molecular flexibility index (Phi) is 4.38. The van der Waals surface area contributed by atoms with Crippen LogP contribution in [0.1, 0.15) is 11.1 Å². The van der Waals surface area contributed by atoms with Gasteiger partial charge in [-0.15, -0.1) is 23.5 Å². The van der Waals surface area contributed by atoms with Crippen molar-refractivity contribution < 1.29 is 9.21 Å². The number of thioether (sulfide) groups is 2. The summed E-state index contributed by atoms with van der Waals surface area (Å²) in [6.07, 6.45) is 1.66. The first-order valence-electron chi connectivity index (χ1n) is 6.47. The number of rotatable bonds is 4. The Morgan fingerprint density at radius 1 is 1.30 bits per heavy atom. The second kappa shape index (κ2) is 6.41. The molecule has 0 bridgehead atoms. The van der Waals surface area contributed by atoms with Crippen molar-refractivity contribution in [3.63, 3.8) is 0 Å². The standard InChI is InChI=1S/C15H15NO2S2/c17-14(11-20-12-5-2-1-3-6-12)16-8-10-19-15(16)13-7-4-9-18-13/h1-7,9,15H,8,10-11H2. The van der Waals surface area contributed by atoms with Gasteiger partial charge in [-0.25, -0.2) is 0 Å². The molecule has 0 radical (unpaired) electrons. The number of carbonyl (C=O) groups excluding carboxylic acids is 1. The summed E-state index contributed by atoms with van der Waals surface area (Å²) in [5.74, 6) is 2.48. The van der Waals surface area contributed by atoms with Crippen molar-refractivity contribution in [3.8, 4) is 0 Å². The van der Waals surface area contributed by atoms with E-state index in [1.165, 1.54) is 0 Å². The lowest BCUT2D eigenvalue weighted by atomic mass is 10.4. The summed E-state index contributed by atoms with van der Waals surface area (Å²) in [5, 5.41) is 0.0360. The molecule has 2 aromatic rings. The van der Waals surface area contributed by atoms with Crippen molar-refractivity contribution in [3.05, 3.63) is 54.5 Å². The smallest absolute Gasteiger partial charge is 0.234 e. The minimum absolute atomic E-state index is 0.0360. The van der Waals surface area contributed by atoms with E-state index in [2.05, 4.69) is 0 Å². The summed E-state index contributed by atoms with van der Waals surface area (Å²) in [6.45, 7) is 0.796. The first-order valence-corrected chi connectivity index (χ1v) is 8.50. The lowest BCUT2D eigenvalue weighted by Crippen LogP contribution is -2.31. The predicted molar refractivity (Wildman–Crippen MR) is 82.8 cm³/mol. The average molecular weight is 305 g/mol. The van der Waals surface area contributed by atoms with Gasteiger partial charge in [-0.1, -0.05) is 18.2 Å². The maximum atomic E-state index is 12.4. The first kappa shape index (κ1) is 13.6. The van der Waals surface area contributed by atoms with Crippen molar-refractivity contribution in [1.29, 1.82) is 0 Å². The summed E-state index contributed by atoms with van der Waals surface area (Å²) >= 11 is 3.34. The fraction of sp³-hybridized carbons (Fsp3) is 0.267. The van der Waals surface area contributed by atoms with E-state index in [0.29, 0.717) is 5.75 Å². The molecule has 1 aromatic heterocycles. The van der Waals surface area contributed by atoms with Crippen LogP contribution >= 0.6 is 23.5 Å². The number of carbonyl (C=O) groups is 1. The molecule has 1 saturated heterocycles. The van der Waals surface area contributed by atoms with Crippen LogP contribution in [0, 0.1) is 0 Å². The maximum Gasteiger partial charge on any atom is 0.234 e. The Morgan fingerprint density at radius 2 is 2.15 bits per heavy atom. The summed E-state index contributed by atoms with van der Waals surface area (Å²) in [4.78, 5) is 15.4. The molecule has 0 N–H and O–H groups in total. The predicted octanol–water partition coefficient (Wildman–Crippen LogP) is 3.65. The zero-order valence-corrected chi connectivity index (χ0v) is 12.5. The average Bonchev–Trinajstić information content (AvgIpc) is 3.15. The molecule has 0 spiro atoms. The van der Waals surface area contributed by atoms with Gasteiger partial charge in [0.2, 0.25) is 5.91 Å². The quantitative estimate of drug-likeness (QED) is 0.807. The third-order valence-electron chi connectivity index (χ3n) is 3.10. The number of hydrogen-bond acceptors (Lipinski definition) is 4. The van der Waals surface area contributed by atoms with Gasteiger partial charge in [-0.3, -0.25) is 4.79 Å². The summed E-state index contributed by atoms with van der Waals surface area (Å²) in [6, 6.07) is 13.8. The fourth-order valence-electron chi connectivity index (χ4n) is 2.14. The van der Waals surface area contributed by atoms with Crippen molar-refractivity contribution >= 4 is 29.4 Å². The molecule has 1 fully saturated rings. The highest BCUT2D eigenvalue weighted by Crippen LogP contribution is 2.38. The van der Waals surface area contributed by atoms with Crippen molar-refractivity contribution in [2.45, 2.75) is 10.3 Å². The summed E-state index contributed by atoms with van der Waals surface area (Å²) in [7, 11) is 0. The molecular formula is C15H15NO2S2. The van der Waals surface area contributed by atoms with Crippen LogP contribution in [0.25, 0.3) is 0 Å². The molecule has 1 amide bonds. The van der Waals surface area contributed by atoms with E-state index < -0.39 is 0 Å². The molecule has 1 aliphatic rings. The first-order chi connectivity index (χ1) is 9.84. The number of benzene rings is 1. The van der Waals surface area contributed by atoms with Crippen LogP contribution in [-0.2, 0) is 4.79 Å². The molecule has 3 nitrogen and oxygen atoms in total. The van der Waals surface area contributed by atoms with Gasteiger partial charge in [-0.05, 0) is 24.3 Å². The fourth-order valence-corrected chi connectivity index (χ4v) is 4.17. The number of hydrogen-bond donors (Lipinski definition) is 0. The number of nitrogens with zero attached hydrogens (tertiary/aromatic N) is 1. The molecule has 104 valence electrons. The van der Waals surface area contributed by atoms with Gasteiger partial charge in [0.05, 0.1) is 12.0 Å². The SMILES string of the molecule is O=C(CSc1ccccc1)N1CCSC1c1ccco1. The van der Waals surface area contributed by atoms with Crippen LogP contribution in [0.3, 0.4) is 0 Å². The Morgan fingerprint density at radius 3 is 2.90 bits per heavy atom. The molecule has 1 aliphatic heterocycles. The Bertz CT molecular complexity index is 557. The third-order valence-corrected chi connectivity index (χ3v) is 5.32. The van der Waals surface area contributed by atoms with Crippen LogP contribution in [0.5, 0.6) is 0 Å². The molecule has 1 aromatic carbocycles. The molecule has 2 heterocycles. The number of furan rings is 1. The summed E-state index contributed by atoms with van der Waals surface area (Å²) in [5.41, 5.74) is 0. The van der Waals surface area contributed by atoms with E-state index in [4.69, 9.17) is 4.42 Å². The molecule has 20 heavy (non-hydrogen) atoms. The Balaban J connectivity index is 1.62. The van der Waals surface area contributed by atoms with Gasteiger partial charge < -0.3 is 9.32 Å². The lowest BCUT2D eigenvalue weighted by molar-refractivity contribution is -0.128. The number of amides is 1. The maximum absolute atomic E-state index is 12.4. The zero-order chi connectivity index (χ0) is 13.8. The molecule has 1 atom stereocenters. The van der Waals surface area contributed by atoms with Gasteiger partial charge in [0.25, 0.3) is 0 Å². The second-order valence-electron chi connectivity index (χ2n) is 4.43.